The first-order chi connectivity index (χ1) is 17.3. The summed E-state index contributed by atoms with van der Waals surface area (Å²) in [5.74, 6) is -1.43. The number of phenolic OH excluding ortho intramolecular Hbond substituents is 1. The molecule has 2 aliphatic rings. The molecule has 0 aromatic heterocycles. The molecule has 0 radical (unpaired) electrons. The van der Waals surface area contributed by atoms with Crippen molar-refractivity contribution in [1.29, 1.82) is 0 Å². The minimum atomic E-state index is -1.21. The maximum absolute atomic E-state index is 14.1. The molecule has 2 aliphatic heterocycles. The van der Waals surface area contributed by atoms with Crippen LogP contribution in [0.2, 0.25) is 0 Å². The van der Waals surface area contributed by atoms with Gasteiger partial charge in [0.25, 0.3) is 5.69 Å². The number of carbonyl (C=O) groups is 1. The van der Waals surface area contributed by atoms with Gasteiger partial charge in [0.1, 0.15) is 12.1 Å². The van der Waals surface area contributed by atoms with Crippen molar-refractivity contribution < 1.29 is 24.5 Å². The summed E-state index contributed by atoms with van der Waals surface area (Å²) in [6.45, 7) is 0. The predicted molar refractivity (Wildman–Crippen MR) is 131 cm³/mol. The fourth-order valence-electron chi connectivity index (χ4n) is 5.27. The number of ketones is 1. The van der Waals surface area contributed by atoms with E-state index in [1.165, 1.54) is 43.5 Å². The highest BCUT2D eigenvalue weighted by molar-refractivity contribution is 6.04. The number of anilines is 1. The average Bonchev–Trinajstić information content (AvgIpc) is 3.24. The predicted octanol–water partition coefficient (Wildman–Crippen LogP) is 4.21. The van der Waals surface area contributed by atoms with Crippen molar-refractivity contribution in [1.82, 2.24) is 0 Å². The third-order valence-corrected chi connectivity index (χ3v) is 6.81. The Bertz CT molecular complexity index is 1420. The van der Waals surface area contributed by atoms with E-state index in [4.69, 9.17) is 4.74 Å². The molecule has 0 bridgehead atoms. The van der Waals surface area contributed by atoms with Gasteiger partial charge in [0.15, 0.2) is 17.3 Å². The van der Waals surface area contributed by atoms with Crippen molar-refractivity contribution in [2.75, 3.05) is 12.0 Å². The molecule has 36 heavy (non-hydrogen) atoms. The Kier molecular flexibility index (Phi) is 5.63. The van der Waals surface area contributed by atoms with Crippen LogP contribution in [-0.4, -0.2) is 46.0 Å². The van der Waals surface area contributed by atoms with Gasteiger partial charge >= 0.3 is 0 Å². The minimum absolute atomic E-state index is 0.0831. The van der Waals surface area contributed by atoms with Gasteiger partial charge in [0.2, 0.25) is 6.04 Å². The van der Waals surface area contributed by atoms with Crippen molar-refractivity contribution in [3.63, 3.8) is 0 Å². The number of ether oxygens (including phenoxy) is 1. The number of Topliss-reactive ketones (excluding diaryl/α,β-unsaturated/α-hetero) is 1. The lowest BCUT2D eigenvalue weighted by atomic mass is 9.83. The molecule has 182 valence electrons. The Balaban J connectivity index is 1.73. The first-order valence-electron chi connectivity index (χ1n) is 11.2. The van der Waals surface area contributed by atoms with Gasteiger partial charge < -0.3 is 14.7 Å². The molecule has 10 nitrogen and oxygen atoms in total. The van der Waals surface area contributed by atoms with E-state index in [1.54, 1.807) is 29.2 Å². The molecule has 1 N–H and O–H groups in total. The summed E-state index contributed by atoms with van der Waals surface area (Å²) in [4.78, 5) is 38.7. The van der Waals surface area contributed by atoms with Crippen LogP contribution in [0.1, 0.15) is 27.4 Å². The zero-order chi connectivity index (χ0) is 25.6. The molecule has 3 aromatic rings. The summed E-state index contributed by atoms with van der Waals surface area (Å²) in [6, 6.07) is 14.1. The van der Waals surface area contributed by atoms with Gasteiger partial charge in [-0.25, -0.2) is 0 Å². The quantitative estimate of drug-likeness (QED) is 0.310. The summed E-state index contributed by atoms with van der Waals surface area (Å²) in [7, 11) is 1.37. The van der Waals surface area contributed by atoms with Crippen LogP contribution in [0.4, 0.5) is 11.4 Å². The second kappa shape index (κ2) is 8.81. The van der Waals surface area contributed by atoms with Crippen molar-refractivity contribution in [3.8, 4) is 11.5 Å². The van der Waals surface area contributed by atoms with Crippen LogP contribution in [0, 0.1) is 20.2 Å². The number of fused-ring (bicyclic) bond motifs is 3. The topological polar surface area (TPSA) is 136 Å². The van der Waals surface area contributed by atoms with Crippen LogP contribution in [0.25, 0.3) is 6.08 Å². The molecule has 1 fully saturated rings. The van der Waals surface area contributed by atoms with Crippen molar-refractivity contribution >= 4 is 23.2 Å². The number of non-ortho nitro benzene ring substituents is 1. The number of para-hydroxylation sites is 1. The zero-order valence-corrected chi connectivity index (χ0v) is 19.1. The van der Waals surface area contributed by atoms with Gasteiger partial charge in [0, 0.05) is 28.3 Å². The molecule has 3 aromatic carbocycles. The minimum Gasteiger partial charge on any atom is -0.504 e. The van der Waals surface area contributed by atoms with E-state index in [0.717, 1.165) is 5.56 Å². The number of benzene rings is 3. The largest absolute Gasteiger partial charge is 0.504 e. The first-order valence-corrected chi connectivity index (χ1v) is 11.2. The molecular formula is C26H21N3O7. The fourth-order valence-corrected chi connectivity index (χ4v) is 5.27. The van der Waals surface area contributed by atoms with E-state index in [1.807, 2.05) is 18.2 Å². The lowest BCUT2D eigenvalue weighted by molar-refractivity contribution is -0.524. The second-order valence-electron chi connectivity index (χ2n) is 8.67. The first kappa shape index (κ1) is 23.0. The average molecular weight is 487 g/mol. The third-order valence-electron chi connectivity index (χ3n) is 6.81. The summed E-state index contributed by atoms with van der Waals surface area (Å²) < 4.78 is 5.23. The molecule has 10 heteroatoms. The molecule has 0 amide bonds. The smallest absolute Gasteiger partial charge is 0.270 e. The Labute approximate surface area is 205 Å². The van der Waals surface area contributed by atoms with Gasteiger partial charge in [-0.2, -0.15) is 0 Å². The molecule has 0 spiro atoms. The number of rotatable bonds is 6. The van der Waals surface area contributed by atoms with Crippen molar-refractivity contribution in [2.45, 2.75) is 24.0 Å². The Morgan fingerprint density at radius 1 is 1.03 bits per heavy atom. The molecule has 4 atom stereocenters. The van der Waals surface area contributed by atoms with Crippen molar-refractivity contribution in [2.24, 2.45) is 0 Å². The number of nitrogens with zero attached hydrogens (tertiary/aromatic N) is 3. The highest BCUT2D eigenvalue weighted by atomic mass is 16.6. The lowest BCUT2D eigenvalue weighted by Crippen LogP contribution is -2.44. The van der Waals surface area contributed by atoms with E-state index in [0.29, 0.717) is 11.3 Å². The molecule has 0 aliphatic carbocycles. The molecule has 5 rings (SSSR count). The van der Waals surface area contributed by atoms with Crippen LogP contribution < -0.4 is 9.64 Å². The van der Waals surface area contributed by atoms with Gasteiger partial charge in [0.05, 0.1) is 18.0 Å². The number of hydrogen-bond acceptors (Lipinski definition) is 8. The highest BCUT2D eigenvalue weighted by Crippen LogP contribution is 2.48. The number of nitro benzene ring substituents is 1. The lowest BCUT2D eigenvalue weighted by Gasteiger charge is -2.34. The number of methoxy groups -OCH3 is 1. The van der Waals surface area contributed by atoms with E-state index < -0.39 is 34.7 Å². The fraction of sp³-hybridized carbons (Fsp3) is 0.192. The van der Waals surface area contributed by atoms with Gasteiger partial charge in [-0.15, -0.1) is 0 Å². The van der Waals surface area contributed by atoms with Crippen LogP contribution in [-0.2, 0) is 0 Å². The van der Waals surface area contributed by atoms with Crippen LogP contribution in [0.3, 0.4) is 0 Å². The second-order valence-corrected chi connectivity index (χ2v) is 8.67. The van der Waals surface area contributed by atoms with E-state index in [2.05, 4.69) is 0 Å². The molecule has 2 heterocycles. The summed E-state index contributed by atoms with van der Waals surface area (Å²) in [5, 5.41) is 34.0. The summed E-state index contributed by atoms with van der Waals surface area (Å²) >= 11 is 0. The van der Waals surface area contributed by atoms with Gasteiger partial charge in [-0.1, -0.05) is 48.6 Å². The number of carbonyl (C=O) groups excluding carboxylic acids is 1. The number of aromatic hydroxyl groups is 1. The number of phenols is 1. The maximum atomic E-state index is 14.1. The molecular weight excluding hydrogens is 466 g/mol. The van der Waals surface area contributed by atoms with Crippen LogP contribution in [0.15, 0.2) is 72.8 Å². The standard InChI is InChI=1S/C26H21N3O7/c1-36-22-14-16(10-12-21(22)30)23-24(29(34)35)20-11-9-15-5-2-3-8-19(15)27(20)25(23)26(31)17-6-4-7-18(13-17)28(32)33/h2-14,20,23-25,30H,1H3/t20-,23-,24+,25-/m0/s1. The van der Waals surface area contributed by atoms with E-state index in [-0.39, 0.29) is 27.7 Å². The monoisotopic (exact) mass is 487 g/mol. The highest BCUT2D eigenvalue weighted by Gasteiger charge is 2.59. The Hall–Kier alpha value is -4.73. The van der Waals surface area contributed by atoms with Gasteiger partial charge in [-0.3, -0.25) is 25.0 Å². The maximum Gasteiger partial charge on any atom is 0.270 e. The van der Waals surface area contributed by atoms with Crippen molar-refractivity contribution in [3.05, 3.63) is 110 Å². The summed E-state index contributed by atoms with van der Waals surface area (Å²) in [6.07, 6.45) is 3.53. The van der Waals surface area contributed by atoms with Gasteiger partial charge in [-0.05, 0) is 29.3 Å². The number of nitro groups is 2. The zero-order valence-electron chi connectivity index (χ0n) is 19.1. The van der Waals surface area contributed by atoms with E-state index >= 15 is 0 Å². The molecule has 0 saturated carbocycles. The SMILES string of the molecule is COc1cc([C@H]2[C@H]([N+](=O)[O-])[C@@H]3C=Cc4ccccc4N3[C@@H]2C(=O)c2cccc([N+](=O)[O-])c2)ccc1O. The normalized spacial score (nSPS) is 22.0. The Morgan fingerprint density at radius 3 is 2.53 bits per heavy atom. The van der Waals surface area contributed by atoms with Crippen LogP contribution in [0.5, 0.6) is 11.5 Å². The Morgan fingerprint density at radius 2 is 1.81 bits per heavy atom. The molecule has 1 saturated heterocycles. The summed E-state index contributed by atoms with van der Waals surface area (Å²) in [5.41, 5.74) is 1.74. The third kappa shape index (κ3) is 3.63. The molecule has 0 unspecified atom stereocenters. The van der Waals surface area contributed by atoms with E-state index in [9.17, 15) is 30.1 Å². The van der Waals surface area contributed by atoms with Crippen LogP contribution >= 0.6 is 0 Å². The number of hydrogen-bond donors (Lipinski definition) is 1.